The van der Waals surface area contributed by atoms with Crippen LogP contribution in [-0.2, 0) is 4.79 Å². The Morgan fingerprint density at radius 3 is 2.30 bits per heavy atom. The number of ether oxygens (including phenoxy) is 2. The molecule has 2 amide bonds. The van der Waals surface area contributed by atoms with Gasteiger partial charge in [0.2, 0.25) is 0 Å². The highest BCUT2D eigenvalue weighted by Crippen LogP contribution is 2.30. The molecule has 1 aliphatic heterocycles. The number of halogens is 2. The fourth-order valence-electron chi connectivity index (χ4n) is 4.36. The number of hydrogen-bond donors (Lipinski definition) is 1. The van der Waals surface area contributed by atoms with Crippen molar-refractivity contribution in [3.8, 4) is 11.5 Å². The number of nitrogens with zero attached hydrogens (tertiary/aromatic N) is 2. The molecule has 194 valence electrons. The van der Waals surface area contributed by atoms with Gasteiger partial charge in [0, 0.05) is 42.6 Å². The monoisotopic (exact) mass is 541 g/mol. The summed E-state index contributed by atoms with van der Waals surface area (Å²) in [7, 11) is 1.54. The second kappa shape index (κ2) is 11.8. The summed E-state index contributed by atoms with van der Waals surface area (Å²) in [5, 5.41) is 3.83. The summed E-state index contributed by atoms with van der Waals surface area (Å²) in [6, 6.07) is 16.4. The number of carbonyl (C=O) groups is 2. The molecule has 0 atom stereocenters. The third-order valence-corrected chi connectivity index (χ3v) is 6.71. The summed E-state index contributed by atoms with van der Waals surface area (Å²) < 4.78 is 11.0. The van der Waals surface area contributed by atoms with Crippen LogP contribution >= 0.6 is 23.2 Å². The molecular formula is C28H29Cl2N3O4. The van der Waals surface area contributed by atoms with Crippen molar-refractivity contribution < 1.29 is 19.1 Å². The molecule has 0 saturated carbocycles. The number of anilines is 2. The summed E-state index contributed by atoms with van der Waals surface area (Å²) in [4.78, 5) is 29.4. The highest BCUT2D eigenvalue weighted by molar-refractivity contribution is 6.32. The zero-order valence-corrected chi connectivity index (χ0v) is 22.5. The number of amides is 2. The van der Waals surface area contributed by atoms with Crippen molar-refractivity contribution in [3.05, 3.63) is 81.3 Å². The molecule has 1 heterocycles. The molecule has 0 unspecified atom stereocenters. The van der Waals surface area contributed by atoms with Crippen LogP contribution in [0.4, 0.5) is 11.4 Å². The SMILES string of the molecule is COc1ccc(Cl)cc1C(=O)N1CCN(c2ccc(NC(=O)COc3c(C)cc(C)cc3Cl)cc2)CC1. The van der Waals surface area contributed by atoms with Crippen molar-refractivity contribution in [2.75, 3.05) is 50.1 Å². The van der Waals surface area contributed by atoms with Crippen molar-refractivity contribution in [1.29, 1.82) is 0 Å². The molecule has 0 aromatic heterocycles. The van der Waals surface area contributed by atoms with Crippen molar-refractivity contribution in [2.24, 2.45) is 0 Å². The molecule has 0 aliphatic carbocycles. The largest absolute Gasteiger partial charge is 0.496 e. The van der Waals surface area contributed by atoms with E-state index >= 15 is 0 Å². The number of hydrogen-bond acceptors (Lipinski definition) is 5. The van der Waals surface area contributed by atoms with Gasteiger partial charge in [-0.2, -0.15) is 0 Å². The number of benzene rings is 3. The average Bonchev–Trinajstić information content (AvgIpc) is 2.88. The Kier molecular flexibility index (Phi) is 8.46. The maximum Gasteiger partial charge on any atom is 0.262 e. The summed E-state index contributed by atoms with van der Waals surface area (Å²) in [6.07, 6.45) is 0. The van der Waals surface area contributed by atoms with E-state index in [-0.39, 0.29) is 18.4 Å². The standard InChI is InChI=1S/C28H29Cl2N3O4/c1-18-14-19(2)27(24(30)15-18)37-17-26(34)31-21-5-7-22(8-6-21)32-10-12-33(13-11-32)28(35)23-16-20(29)4-9-25(23)36-3/h4-9,14-16H,10-13,17H2,1-3H3,(H,31,34). The lowest BCUT2D eigenvalue weighted by atomic mass is 10.1. The summed E-state index contributed by atoms with van der Waals surface area (Å²) >= 11 is 12.3. The third kappa shape index (κ3) is 6.48. The first-order chi connectivity index (χ1) is 17.7. The lowest BCUT2D eigenvalue weighted by Crippen LogP contribution is -2.48. The number of piperazine rings is 1. The maximum absolute atomic E-state index is 13.0. The fraction of sp³-hybridized carbons (Fsp3) is 0.286. The predicted octanol–water partition coefficient (Wildman–Crippen LogP) is 5.60. The normalized spacial score (nSPS) is 13.3. The smallest absolute Gasteiger partial charge is 0.262 e. The molecule has 1 fully saturated rings. The Hall–Kier alpha value is -3.42. The van der Waals surface area contributed by atoms with Crippen molar-refractivity contribution in [3.63, 3.8) is 0 Å². The predicted molar refractivity (Wildman–Crippen MR) is 148 cm³/mol. The van der Waals surface area contributed by atoms with E-state index in [1.54, 1.807) is 23.1 Å². The van der Waals surface area contributed by atoms with Gasteiger partial charge in [0.15, 0.2) is 6.61 Å². The van der Waals surface area contributed by atoms with Gasteiger partial charge in [0.05, 0.1) is 17.7 Å². The molecular weight excluding hydrogens is 513 g/mol. The molecule has 7 nitrogen and oxygen atoms in total. The van der Waals surface area contributed by atoms with Gasteiger partial charge in [0.25, 0.3) is 11.8 Å². The molecule has 37 heavy (non-hydrogen) atoms. The van der Waals surface area contributed by atoms with E-state index in [0.717, 1.165) is 16.8 Å². The number of methoxy groups -OCH3 is 1. The fourth-order valence-corrected chi connectivity index (χ4v) is 4.91. The molecule has 1 saturated heterocycles. The lowest BCUT2D eigenvalue weighted by Gasteiger charge is -2.36. The molecule has 4 rings (SSSR count). The zero-order valence-electron chi connectivity index (χ0n) is 21.0. The molecule has 1 N–H and O–H groups in total. The number of rotatable bonds is 7. The summed E-state index contributed by atoms with van der Waals surface area (Å²) in [5.74, 6) is 0.662. The first-order valence-corrected chi connectivity index (χ1v) is 12.7. The molecule has 0 bridgehead atoms. The molecule has 0 radical (unpaired) electrons. The van der Waals surface area contributed by atoms with Gasteiger partial charge in [-0.25, -0.2) is 0 Å². The van der Waals surface area contributed by atoms with Crippen molar-refractivity contribution >= 4 is 46.4 Å². The minimum absolute atomic E-state index is 0.0959. The van der Waals surface area contributed by atoms with Gasteiger partial charge in [-0.1, -0.05) is 29.3 Å². The third-order valence-electron chi connectivity index (χ3n) is 6.20. The van der Waals surface area contributed by atoms with Crippen LogP contribution in [-0.4, -0.2) is 56.6 Å². The Morgan fingerprint density at radius 2 is 1.65 bits per heavy atom. The zero-order chi connectivity index (χ0) is 26.5. The minimum atomic E-state index is -0.271. The minimum Gasteiger partial charge on any atom is -0.496 e. The van der Waals surface area contributed by atoms with Gasteiger partial charge in [0.1, 0.15) is 11.5 Å². The number of aryl methyl sites for hydroxylation is 2. The first kappa shape index (κ1) is 26.6. The van der Waals surface area contributed by atoms with Crippen LogP contribution < -0.4 is 19.7 Å². The molecule has 3 aromatic carbocycles. The Labute approximate surface area is 226 Å². The molecule has 1 aliphatic rings. The van der Waals surface area contributed by atoms with Crippen LogP contribution in [0, 0.1) is 13.8 Å². The van der Waals surface area contributed by atoms with E-state index in [4.69, 9.17) is 32.7 Å². The van der Waals surface area contributed by atoms with E-state index < -0.39 is 0 Å². The number of carbonyl (C=O) groups excluding carboxylic acids is 2. The first-order valence-electron chi connectivity index (χ1n) is 11.9. The van der Waals surface area contributed by atoms with E-state index in [2.05, 4.69) is 10.2 Å². The summed E-state index contributed by atoms with van der Waals surface area (Å²) in [6.45, 7) is 6.23. The quantitative estimate of drug-likeness (QED) is 0.421. The van der Waals surface area contributed by atoms with Crippen molar-refractivity contribution in [1.82, 2.24) is 4.90 Å². The van der Waals surface area contributed by atoms with Crippen molar-refractivity contribution in [2.45, 2.75) is 13.8 Å². The van der Waals surface area contributed by atoms with Crippen LogP contribution in [0.25, 0.3) is 0 Å². The Bertz CT molecular complexity index is 1270. The lowest BCUT2D eigenvalue weighted by molar-refractivity contribution is -0.118. The van der Waals surface area contributed by atoms with Gasteiger partial charge < -0.3 is 24.6 Å². The maximum atomic E-state index is 13.0. The second-order valence-electron chi connectivity index (χ2n) is 8.90. The average molecular weight is 542 g/mol. The highest BCUT2D eigenvalue weighted by Gasteiger charge is 2.25. The summed E-state index contributed by atoms with van der Waals surface area (Å²) in [5.41, 5.74) is 4.08. The van der Waals surface area contributed by atoms with E-state index in [1.807, 2.05) is 50.2 Å². The molecule has 3 aromatic rings. The molecule has 9 heteroatoms. The van der Waals surface area contributed by atoms with Gasteiger partial charge >= 0.3 is 0 Å². The Morgan fingerprint density at radius 1 is 0.946 bits per heavy atom. The van der Waals surface area contributed by atoms with Gasteiger partial charge in [-0.05, 0) is 73.5 Å². The Balaban J connectivity index is 1.29. The van der Waals surface area contributed by atoms with Crippen LogP contribution in [0.1, 0.15) is 21.5 Å². The van der Waals surface area contributed by atoms with Crippen LogP contribution in [0.3, 0.4) is 0 Å². The van der Waals surface area contributed by atoms with Crippen LogP contribution in [0.15, 0.2) is 54.6 Å². The highest BCUT2D eigenvalue weighted by atomic mass is 35.5. The topological polar surface area (TPSA) is 71.1 Å². The van der Waals surface area contributed by atoms with Crippen LogP contribution in [0.2, 0.25) is 10.0 Å². The van der Waals surface area contributed by atoms with Gasteiger partial charge in [-0.3, -0.25) is 9.59 Å². The van der Waals surface area contributed by atoms with Crippen LogP contribution in [0.5, 0.6) is 11.5 Å². The van der Waals surface area contributed by atoms with E-state index in [1.165, 1.54) is 7.11 Å². The molecule has 0 spiro atoms. The van der Waals surface area contributed by atoms with E-state index in [9.17, 15) is 9.59 Å². The second-order valence-corrected chi connectivity index (χ2v) is 9.74. The van der Waals surface area contributed by atoms with E-state index in [0.29, 0.717) is 59.0 Å². The number of nitrogens with one attached hydrogen (secondary N) is 1. The van der Waals surface area contributed by atoms with Gasteiger partial charge in [-0.15, -0.1) is 0 Å².